The van der Waals surface area contributed by atoms with Crippen LogP contribution in [0.2, 0.25) is 6.32 Å². The lowest BCUT2D eigenvalue weighted by Crippen LogP contribution is -2.57. The lowest BCUT2D eigenvalue weighted by Gasteiger charge is -2.42. The largest absolute Gasteiger partial charge is 0.451 e. The predicted octanol–water partition coefficient (Wildman–Crippen LogP) is -1.55. The molecule has 1 aliphatic carbocycles. The highest BCUT2D eigenvalue weighted by molar-refractivity contribution is 6.41. The lowest BCUT2D eigenvalue weighted by molar-refractivity contribution is -0.128. The summed E-state index contributed by atoms with van der Waals surface area (Å²) in [6.07, 6.45) is 1.23. The molecule has 0 atom stereocenters. The van der Waals surface area contributed by atoms with E-state index in [0.29, 0.717) is 12.8 Å². The van der Waals surface area contributed by atoms with Gasteiger partial charge in [0.05, 0.1) is 0 Å². The smallest absolute Gasteiger partial charge is 0.427 e. The number of imide groups is 1. The van der Waals surface area contributed by atoms with Crippen LogP contribution in [0, 0.1) is 5.92 Å². The van der Waals surface area contributed by atoms with Crippen molar-refractivity contribution in [1.29, 1.82) is 0 Å². The van der Waals surface area contributed by atoms with Gasteiger partial charge in [-0.3, -0.25) is 10.1 Å². The van der Waals surface area contributed by atoms with Crippen molar-refractivity contribution in [3.63, 3.8) is 0 Å². The highest BCUT2D eigenvalue weighted by Gasteiger charge is 2.55. The van der Waals surface area contributed by atoms with Gasteiger partial charge in [0.1, 0.15) is 5.54 Å². The molecule has 4 N–H and O–H groups in total. The molecule has 76 valence electrons. The Bertz CT molecular complexity index is 287. The molecule has 7 heteroatoms. The minimum absolute atomic E-state index is 0.0964. The summed E-state index contributed by atoms with van der Waals surface area (Å²) in [6, 6.07) is -0.460. The number of carbonyl (C=O) groups is 2. The molecule has 2 rings (SSSR count). The van der Waals surface area contributed by atoms with Gasteiger partial charge in [-0.05, 0) is 25.1 Å². The molecule has 1 saturated heterocycles. The first-order chi connectivity index (χ1) is 6.52. The minimum Gasteiger partial charge on any atom is -0.427 e. The molecule has 0 bridgehead atoms. The number of nitrogens with one attached hydrogen (secondary N) is 2. The molecule has 1 spiro atoms. The van der Waals surface area contributed by atoms with Crippen molar-refractivity contribution in [1.82, 2.24) is 10.6 Å². The van der Waals surface area contributed by atoms with E-state index in [1.807, 2.05) is 0 Å². The van der Waals surface area contributed by atoms with Crippen LogP contribution in [0.25, 0.3) is 0 Å². The minimum atomic E-state index is -1.34. The Morgan fingerprint density at radius 1 is 1.43 bits per heavy atom. The first-order valence-corrected chi connectivity index (χ1v) is 4.51. The highest BCUT2D eigenvalue weighted by Crippen LogP contribution is 2.42. The Kier molecular flexibility index (Phi) is 2.00. The van der Waals surface area contributed by atoms with Gasteiger partial charge in [-0.2, -0.15) is 0 Å². The zero-order chi connectivity index (χ0) is 10.3. The van der Waals surface area contributed by atoms with E-state index in [4.69, 9.17) is 10.0 Å². The topological polar surface area (TPSA) is 98.7 Å². The van der Waals surface area contributed by atoms with Crippen molar-refractivity contribution < 1.29 is 19.6 Å². The van der Waals surface area contributed by atoms with E-state index in [0.717, 1.165) is 0 Å². The molecule has 0 aromatic carbocycles. The first-order valence-electron chi connectivity index (χ1n) is 4.51. The van der Waals surface area contributed by atoms with Gasteiger partial charge in [0.2, 0.25) is 0 Å². The van der Waals surface area contributed by atoms with Crippen LogP contribution in [-0.4, -0.2) is 34.6 Å². The molecule has 0 unspecified atom stereocenters. The molecule has 14 heavy (non-hydrogen) atoms. The molecular weight excluding hydrogens is 187 g/mol. The van der Waals surface area contributed by atoms with Crippen molar-refractivity contribution in [2.24, 2.45) is 5.92 Å². The fraction of sp³-hybridized carbons (Fsp3) is 0.714. The van der Waals surface area contributed by atoms with E-state index in [9.17, 15) is 9.59 Å². The van der Waals surface area contributed by atoms with Gasteiger partial charge in [0, 0.05) is 0 Å². The summed E-state index contributed by atoms with van der Waals surface area (Å²) < 4.78 is 0. The van der Waals surface area contributed by atoms with Crippen LogP contribution in [0.4, 0.5) is 4.79 Å². The molecule has 6 nitrogen and oxygen atoms in total. The standard InChI is InChI=1S/C7H11BN2O4/c11-5-7(10-6(12)9-5)1-4(2-7)3-8(13)14/h4,13-14H,1-3H2,(H2,9,10,11,12). The van der Waals surface area contributed by atoms with Crippen LogP contribution >= 0.6 is 0 Å². The van der Waals surface area contributed by atoms with Crippen molar-refractivity contribution >= 4 is 19.1 Å². The summed E-state index contributed by atoms with van der Waals surface area (Å²) >= 11 is 0. The molecule has 2 fully saturated rings. The van der Waals surface area contributed by atoms with E-state index < -0.39 is 18.7 Å². The van der Waals surface area contributed by atoms with E-state index >= 15 is 0 Å². The maximum absolute atomic E-state index is 11.3. The van der Waals surface area contributed by atoms with Gasteiger partial charge in [0.25, 0.3) is 5.91 Å². The van der Waals surface area contributed by atoms with Crippen molar-refractivity contribution in [3.8, 4) is 0 Å². The number of hydrogen-bond acceptors (Lipinski definition) is 4. The third kappa shape index (κ3) is 1.38. The molecule has 0 aromatic heterocycles. The molecule has 0 aromatic rings. The van der Waals surface area contributed by atoms with E-state index in [1.165, 1.54) is 0 Å². The van der Waals surface area contributed by atoms with Crippen molar-refractivity contribution in [2.45, 2.75) is 24.7 Å². The number of amides is 3. The molecule has 3 amide bonds. The monoisotopic (exact) mass is 198 g/mol. The second-order valence-electron chi connectivity index (χ2n) is 3.98. The van der Waals surface area contributed by atoms with Crippen molar-refractivity contribution in [3.05, 3.63) is 0 Å². The molecule has 0 radical (unpaired) electrons. The van der Waals surface area contributed by atoms with Crippen LogP contribution in [-0.2, 0) is 4.79 Å². The third-order valence-corrected chi connectivity index (χ3v) is 2.83. The lowest BCUT2D eigenvalue weighted by atomic mass is 9.61. The van der Waals surface area contributed by atoms with Crippen LogP contribution in [0.1, 0.15) is 12.8 Å². The van der Waals surface area contributed by atoms with Crippen LogP contribution < -0.4 is 10.6 Å². The van der Waals surface area contributed by atoms with E-state index in [-0.39, 0.29) is 18.1 Å². The third-order valence-electron chi connectivity index (χ3n) is 2.83. The zero-order valence-corrected chi connectivity index (χ0v) is 7.49. The molecular formula is C7H11BN2O4. The number of urea groups is 1. The number of hydrogen-bond donors (Lipinski definition) is 4. The second-order valence-corrected chi connectivity index (χ2v) is 3.98. The molecule has 1 aliphatic heterocycles. The number of rotatable bonds is 2. The predicted molar refractivity (Wildman–Crippen MR) is 47.1 cm³/mol. The number of carbonyl (C=O) groups excluding carboxylic acids is 2. The fourth-order valence-corrected chi connectivity index (χ4v) is 2.21. The second kappa shape index (κ2) is 2.96. The zero-order valence-electron chi connectivity index (χ0n) is 7.49. The molecule has 2 aliphatic rings. The maximum Gasteiger partial charge on any atom is 0.451 e. The van der Waals surface area contributed by atoms with Gasteiger partial charge in [-0.1, -0.05) is 0 Å². The Balaban J connectivity index is 1.92. The Morgan fingerprint density at radius 3 is 2.50 bits per heavy atom. The Morgan fingerprint density at radius 2 is 2.07 bits per heavy atom. The van der Waals surface area contributed by atoms with Crippen LogP contribution in [0.15, 0.2) is 0 Å². The van der Waals surface area contributed by atoms with E-state index in [1.54, 1.807) is 0 Å². The molecule has 1 heterocycles. The van der Waals surface area contributed by atoms with Gasteiger partial charge in [0.15, 0.2) is 0 Å². The SMILES string of the molecule is O=C1NC(=O)C2(CC(CB(O)O)C2)N1. The fourth-order valence-electron chi connectivity index (χ4n) is 2.21. The van der Waals surface area contributed by atoms with Gasteiger partial charge < -0.3 is 15.4 Å². The summed E-state index contributed by atoms with van der Waals surface area (Å²) in [6.45, 7) is 0. The maximum atomic E-state index is 11.3. The summed E-state index contributed by atoms with van der Waals surface area (Å²) in [7, 11) is -1.34. The average molecular weight is 198 g/mol. The normalized spacial score (nSPS) is 35.1. The summed E-state index contributed by atoms with van der Waals surface area (Å²) in [5.41, 5.74) is -0.767. The quantitative estimate of drug-likeness (QED) is 0.318. The Hall–Kier alpha value is -1.08. The van der Waals surface area contributed by atoms with Gasteiger partial charge >= 0.3 is 13.1 Å². The summed E-state index contributed by atoms with van der Waals surface area (Å²) in [5.74, 6) is -0.203. The summed E-state index contributed by atoms with van der Waals surface area (Å²) in [5, 5.41) is 22.1. The van der Waals surface area contributed by atoms with Gasteiger partial charge in [-0.25, -0.2) is 4.79 Å². The average Bonchev–Trinajstić information content (AvgIpc) is 2.24. The first kappa shape index (κ1) is 9.48. The van der Waals surface area contributed by atoms with Crippen LogP contribution in [0.5, 0.6) is 0 Å². The molecule has 1 saturated carbocycles. The summed E-state index contributed by atoms with van der Waals surface area (Å²) in [4.78, 5) is 22.1. The Labute approximate surface area is 80.8 Å². The van der Waals surface area contributed by atoms with E-state index in [2.05, 4.69) is 10.6 Å². The van der Waals surface area contributed by atoms with Crippen LogP contribution in [0.3, 0.4) is 0 Å². The van der Waals surface area contributed by atoms with Gasteiger partial charge in [-0.15, -0.1) is 0 Å². The van der Waals surface area contributed by atoms with Crippen molar-refractivity contribution in [2.75, 3.05) is 0 Å². The highest BCUT2D eigenvalue weighted by atomic mass is 16.4.